The Bertz CT molecular complexity index is 357. The number of amides is 1. The summed E-state index contributed by atoms with van der Waals surface area (Å²) in [5.41, 5.74) is -0.746. The molecule has 0 aromatic rings. The highest BCUT2D eigenvalue weighted by atomic mass is 127. The van der Waals surface area contributed by atoms with Crippen LogP contribution >= 0.6 is 22.6 Å². The van der Waals surface area contributed by atoms with Gasteiger partial charge in [-0.3, -0.25) is 0 Å². The van der Waals surface area contributed by atoms with Gasteiger partial charge < -0.3 is 19.1 Å². The molecule has 130 valence electrons. The van der Waals surface area contributed by atoms with Crippen molar-refractivity contribution in [2.24, 2.45) is 0 Å². The second-order valence-electron chi connectivity index (χ2n) is 7.09. The Labute approximate surface area is 148 Å². The van der Waals surface area contributed by atoms with E-state index in [2.05, 4.69) is 22.6 Å². The number of ether oxygens (including phenoxy) is 3. The van der Waals surface area contributed by atoms with E-state index >= 15 is 0 Å². The molecule has 1 aliphatic rings. The summed E-state index contributed by atoms with van der Waals surface area (Å²) in [6.07, 6.45) is 1.87. The second-order valence-corrected chi connectivity index (χ2v) is 7.85. The van der Waals surface area contributed by atoms with Gasteiger partial charge in [-0.1, -0.05) is 22.6 Å². The Kier molecular flexibility index (Phi) is 7.88. The summed E-state index contributed by atoms with van der Waals surface area (Å²) < 4.78 is 18.0. The first-order chi connectivity index (χ1) is 10.2. The van der Waals surface area contributed by atoms with Crippen LogP contribution in [0, 0.1) is 0 Å². The number of piperidine rings is 1. The van der Waals surface area contributed by atoms with Gasteiger partial charge in [0.1, 0.15) is 5.60 Å². The van der Waals surface area contributed by atoms with Gasteiger partial charge in [-0.2, -0.15) is 0 Å². The van der Waals surface area contributed by atoms with Crippen LogP contribution in [0.1, 0.15) is 47.5 Å². The van der Waals surface area contributed by atoms with E-state index in [4.69, 9.17) is 14.2 Å². The Morgan fingerprint density at radius 2 is 2.00 bits per heavy atom. The average molecular weight is 427 g/mol. The van der Waals surface area contributed by atoms with Gasteiger partial charge in [-0.05, 0) is 47.5 Å². The normalized spacial score (nSPS) is 23.0. The molecule has 1 amide bonds. The molecular formula is C16H30INO4. The number of likely N-dealkylation sites (tertiary alicyclic amines) is 1. The number of halogens is 1. The number of rotatable bonds is 6. The van der Waals surface area contributed by atoms with Crippen LogP contribution in [-0.4, -0.2) is 59.0 Å². The summed E-state index contributed by atoms with van der Waals surface area (Å²) in [6.45, 7) is 12.2. The van der Waals surface area contributed by atoms with Gasteiger partial charge >= 0.3 is 6.09 Å². The smallest absolute Gasteiger partial charge is 0.410 e. The first-order valence-corrected chi connectivity index (χ1v) is 9.49. The maximum atomic E-state index is 12.3. The highest BCUT2D eigenvalue weighted by Crippen LogP contribution is 2.28. The fraction of sp³-hybridized carbons (Fsp3) is 0.938. The molecule has 6 heteroatoms. The van der Waals surface area contributed by atoms with E-state index in [9.17, 15) is 4.79 Å². The minimum Gasteiger partial charge on any atom is -0.444 e. The highest BCUT2D eigenvalue weighted by molar-refractivity contribution is 14.1. The lowest BCUT2D eigenvalue weighted by Gasteiger charge is -2.42. The summed E-state index contributed by atoms with van der Waals surface area (Å²) in [5.74, 6) is 0. The molecule has 0 aromatic heterocycles. The topological polar surface area (TPSA) is 48.0 Å². The Balaban J connectivity index is 2.55. The van der Waals surface area contributed by atoms with Crippen LogP contribution < -0.4 is 0 Å². The zero-order chi connectivity index (χ0) is 16.8. The molecule has 1 heterocycles. The van der Waals surface area contributed by atoms with Crippen LogP contribution in [-0.2, 0) is 14.2 Å². The fourth-order valence-electron chi connectivity index (χ4n) is 2.39. The van der Waals surface area contributed by atoms with E-state index in [1.54, 1.807) is 4.90 Å². The molecule has 0 radical (unpaired) electrons. The van der Waals surface area contributed by atoms with Crippen LogP contribution in [0.15, 0.2) is 0 Å². The summed E-state index contributed by atoms with van der Waals surface area (Å²) >= 11 is 2.34. The zero-order valence-corrected chi connectivity index (χ0v) is 16.6. The fourth-order valence-corrected chi connectivity index (χ4v) is 3.23. The molecule has 1 rings (SSSR count). The summed E-state index contributed by atoms with van der Waals surface area (Å²) in [4.78, 5) is 14.0. The summed E-state index contributed by atoms with van der Waals surface area (Å²) in [6, 6.07) is 0. The van der Waals surface area contributed by atoms with E-state index in [0.29, 0.717) is 19.8 Å². The third-order valence-corrected chi connectivity index (χ3v) is 4.77. The highest BCUT2D eigenvalue weighted by Gasteiger charge is 2.38. The molecule has 1 unspecified atom stereocenters. The predicted molar refractivity (Wildman–Crippen MR) is 95.7 cm³/mol. The van der Waals surface area contributed by atoms with Crippen molar-refractivity contribution in [2.75, 3.05) is 30.7 Å². The molecule has 1 fully saturated rings. The number of alkyl halides is 1. The number of hydrogen-bond acceptors (Lipinski definition) is 4. The minimum atomic E-state index is -0.465. The third-order valence-electron chi connectivity index (χ3n) is 3.38. The van der Waals surface area contributed by atoms with Gasteiger partial charge in [0.15, 0.2) is 0 Å². The predicted octanol–water partition coefficient (Wildman–Crippen LogP) is 3.63. The van der Waals surface area contributed by atoms with Crippen LogP contribution in [0.2, 0.25) is 0 Å². The van der Waals surface area contributed by atoms with Gasteiger partial charge in [-0.25, -0.2) is 4.79 Å². The maximum Gasteiger partial charge on any atom is 0.410 e. The Morgan fingerprint density at radius 1 is 1.32 bits per heavy atom. The molecule has 0 aromatic carbocycles. The summed E-state index contributed by atoms with van der Waals surface area (Å²) in [5, 5.41) is 0. The minimum absolute atomic E-state index is 0.212. The van der Waals surface area contributed by atoms with Crippen molar-refractivity contribution < 1.29 is 19.0 Å². The molecular weight excluding hydrogens is 397 g/mol. The molecule has 0 bridgehead atoms. The number of carbonyl (C=O) groups is 1. The monoisotopic (exact) mass is 427 g/mol. The third kappa shape index (κ3) is 7.00. The van der Waals surface area contributed by atoms with Crippen LogP contribution in [0.25, 0.3) is 0 Å². The molecule has 1 saturated heterocycles. The molecule has 5 nitrogen and oxygen atoms in total. The quantitative estimate of drug-likeness (QED) is 0.369. The Hall–Kier alpha value is -0.0800. The molecule has 1 atom stereocenters. The van der Waals surface area contributed by atoms with E-state index in [1.165, 1.54) is 0 Å². The van der Waals surface area contributed by atoms with Gasteiger partial charge in [0.25, 0.3) is 0 Å². The van der Waals surface area contributed by atoms with E-state index < -0.39 is 5.60 Å². The molecule has 0 saturated carbocycles. The first kappa shape index (κ1) is 20.0. The average Bonchev–Trinajstić information content (AvgIpc) is 2.42. The van der Waals surface area contributed by atoms with Crippen LogP contribution in [0.4, 0.5) is 4.79 Å². The van der Waals surface area contributed by atoms with Crippen molar-refractivity contribution in [1.82, 2.24) is 4.90 Å². The van der Waals surface area contributed by atoms with Gasteiger partial charge in [0.2, 0.25) is 0 Å². The zero-order valence-electron chi connectivity index (χ0n) is 14.5. The lowest BCUT2D eigenvalue weighted by Crippen LogP contribution is -2.54. The summed E-state index contributed by atoms with van der Waals surface area (Å²) in [7, 11) is 0. The van der Waals surface area contributed by atoms with Crippen molar-refractivity contribution in [3.05, 3.63) is 0 Å². The molecule has 0 spiro atoms. The first-order valence-electron chi connectivity index (χ1n) is 7.97. The van der Waals surface area contributed by atoms with Crippen molar-refractivity contribution in [2.45, 2.75) is 64.8 Å². The van der Waals surface area contributed by atoms with Crippen LogP contribution in [0.3, 0.4) is 0 Å². The number of nitrogens with zero attached hydrogens (tertiary/aromatic N) is 1. The molecule has 1 aliphatic heterocycles. The Morgan fingerprint density at radius 3 is 2.55 bits per heavy atom. The number of hydrogen-bond donors (Lipinski definition) is 0. The van der Waals surface area contributed by atoms with E-state index in [0.717, 1.165) is 23.8 Å². The standard InChI is InChI=1S/C16H30INO4/c1-13(2)20-9-10-21-16(11-17)7-6-8-18(12-16)14(19)22-15(3,4)5/h13H,6-12H2,1-5H3. The van der Waals surface area contributed by atoms with E-state index in [-0.39, 0.29) is 17.8 Å². The van der Waals surface area contributed by atoms with Crippen molar-refractivity contribution in [3.63, 3.8) is 0 Å². The second kappa shape index (κ2) is 8.68. The largest absolute Gasteiger partial charge is 0.444 e. The van der Waals surface area contributed by atoms with Crippen molar-refractivity contribution in [1.29, 1.82) is 0 Å². The SMILES string of the molecule is CC(C)OCCOC1(CI)CCCN(C(=O)OC(C)(C)C)C1. The van der Waals surface area contributed by atoms with Gasteiger partial charge in [-0.15, -0.1) is 0 Å². The molecule has 22 heavy (non-hydrogen) atoms. The number of carbonyl (C=O) groups excluding carboxylic acids is 1. The van der Waals surface area contributed by atoms with Crippen molar-refractivity contribution >= 4 is 28.7 Å². The maximum absolute atomic E-state index is 12.3. The van der Waals surface area contributed by atoms with Gasteiger partial charge in [0.05, 0.1) is 31.5 Å². The van der Waals surface area contributed by atoms with Crippen LogP contribution in [0.5, 0.6) is 0 Å². The van der Waals surface area contributed by atoms with Crippen molar-refractivity contribution in [3.8, 4) is 0 Å². The molecule has 0 aliphatic carbocycles. The lowest BCUT2D eigenvalue weighted by molar-refractivity contribution is -0.0934. The lowest BCUT2D eigenvalue weighted by atomic mass is 9.95. The van der Waals surface area contributed by atoms with Gasteiger partial charge in [0, 0.05) is 11.0 Å². The molecule has 0 N–H and O–H groups in total. The van der Waals surface area contributed by atoms with E-state index in [1.807, 2.05) is 34.6 Å².